The number of benzene rings is 1. The summed E-state index contributed by atoms with van der Waals surface area (Å²) < 4.78 is 0. The van der Waals surface area contributed by atoms with Gasteiger partial charge in [-0.1, -0.05) is 36.9 Å². The second-order valence-corrected chi connectivity index (χ2v) is 6.56. The Kier molecular flexibility index (Phi) is 4.69. The van der Waals surface area contributed by atoms with Crippen LogP contribution in [0.1, 0.15) is 32.1 Å². The van der Waals surface area contributed by atoms with E-state index < -0.39 is 0 Å². The summed E-state index contributed by atoms with van der Waals surface area (Å²) in [5.41, 5.74) is 1.16. The van der Waals surface area contributed by atoms with Gasteiger partial charge in [0.05, 0.1) is 0 Å². The van der Waals surface area contributed by atoms with Crippen molar-refractivity contribution in [3.63, 3.8) is 0 Å². The molecule has 3 rings (SSSR count). The van der Waals surface area contributed by atoms with E-state index in [0.29, 0.717) is 5.91 Å². The molecular weight excluding hydrogens is 284 g/mol. The van der Waals surface area contributed by atoms with E-state index in [0.717, 1.165) is 49.7 Å². The number of carbonyl (C=O) groups is 1. The number of piperazine rings is 1. The molecular formula is C17H23ClN2O. The van der Waals surface area contributed by atoms with Gasteiger partial charge >= 0.3 is 0 Å². The lowest BCUT2D eigenvalue weighted by molar-refractivity contribution is -0.136. The highest BCUT2D eigenvalue weighted by Crippen LogP contribution is 2.26. The normalized spacial score (nSPS) is 20.6. The molecule has 21 heavy (non-hydrogen) atoms. The standard InChI is InChI=1S/C17H23ClN2O/c18-15-7-4-8-16(13-15)19-9-11-20(12-10-19)17(21)14-5-2-1-3-6-14/h4,7-8,13-14H,1-3,5-6,9-12H2. The monoisotopic (exact) mass is 306 g/mol. The van der Waals surface area contributed by atoms with Crippen LogP contribution in [0.15, 0.2) is 24.3 Å². The predicted octanol–water partition coefficient (Wildman–Crippen LogP) is 3.57. The van der Waals surface area contributed by atoms with E-state index >= 15 is 0 Å². The van der Waals surface area contributed by atoms with Crippen LogP contribution in [0, 0.1) is 5.92 Å². The topological polar surface area (TPSA) is 23.6 Å². The minimum atomic E-state index is 0.288. The molecule has 1 heterocycles. The highest BCUT2D eigenvalue weighted by Gasteiger charge is 2.28. The highest BCUT2D eigenvalue weighted by molar-refractivity contribution is 6.30. The summed E-state index contributed by atoms with van der Waals surface area (Å²) in [4.78, 5) is 16.9. The number of rotatable bonds is 2. The molecule has 2 aliphatic rings. The third-order valence-electron chi connectivity index (χ3n) is 4.72. The van der Waals surface area contributed by atoms with Crippen molar-refractivity contribution in [1.82, 2.24) is 4.90 Å². The van der Waals surface area contributed by atoms with E-state index in [4.69, 9.17) is 11.6 Å². The quantitative estimate of drug-likeness (QED) is 0.834. The van der Waals surface area contributed by atoms with Gasteiger partial charge in [-0.2, -0.15) is 0 Å². The average Bonchev–Trinajstić information content (AvgIpc) is 2.55. The average molecular weight is 307 g/mol. The SMILES string of the molecule is O=C(C1CCCCC1)N1CCN(c2cccc(Cl)c2)CC1. The lowest BCUT2D eigenvalue weighted by Crippen LogP contribution is -2.50. The molecule has 1 aliphatic carbocycles. The Morgan fingerprint density at radius 3 is 2.43 bits per heavy atom. The number of nitrogens with zero attached hydrogens (tertiary/aromatic N) is 2. The van der Waals surface area contributed by atoms with E-state index in [2.05, 4.69) is 15.9 Å². The van der Waals surface area contributed by atoms with Gasteiger partial charge in [0.15, 0.2) is 0 Å². The Morgan fingerprint density at radius 1 is 1.05 bits per heavy atom. The first-order valence-corrected chi connectivity index (χ1v) is 8.41. The highest BCUT2D eigenvalue weighted by atomic mass is 35.5. The lowest BCUT2D eigenvalue weighted by atomic mass is 9.88. The van der Waals surface area contributed by atoms with Gasteiger partial charge in [0.1, 0.15) is 0 Å². The number of anilines is 1. The van der Waals surface area contributed by atoms with Crippen molar-refractivity contribution >= 4 is 23.2 Å². The smallest absolute Gasteiger partial charge is 0.225 e. The largest absolute Gasteiger partial charge is 0.368 e. The summed E-state index contributed by atoms with van der Waals surface area (Å²) in [7, 11) is 0. The van der Waals surface area contributed by atoms with Crippen molar-refractivity contribution in [3.8, 4) is 0 Å². The summed E-state index contributed by atoms with van der Waals surface area (Å²) in [5, 5.41) is 0.771. The first-order valence-electron chi connectivity index (χ1n) is 8.03. The minimum absolute atomic E-state index is 0.288. The summed E-state index contributed by atoms with van der Waals surface area (Å²) in [6, 6.07) is 7.97. The Hall–Kier alpha value is -1.22. The Morgan fingerprint density at radius 2 is 1.76 bits per heavy atom. The van der Waals surface area contributed by atoms with Crippen LogP contribution < -0.4 is 4.90 Å². The molecule has 0 bridgehead atoms. The van der Waals surface area contributed by atoms with Crippen molar-refractivity contribution in [2.24, 2.45) is 5.92 Å². The minimum Gasteiger partial charge on any atom is -0.368 e. The van der Waals surface area contributed by atoms with E-state index in [1.165, 1.54) is 19.3 Å². The molecule has 3 nitrogen and oxygen atoms in total. The third-order valence-corrected chi connectivity index (χ3v) is 4.95. The van der Waals surface area contributed by atoms with E-state index in [9.17, 15) is 4.79 Å². The number of carbonyl (C=O) groups excluding carboxylic acids is 1. The van der Waals surface area contributed by atoms with Crippen LogP contribution >= 0.6 is 11.6 Å². The summed E-state index contributed by atoms with van der Waals surface area (Å²) in [6.45, 7) is 3.47. The zero-order valence-electron chi connectivity index (χ0n) is 12.4. The summed E-state index contributed by atoms with van der Waals surface area (Å²) >= 11 is 6.05. The molecule has 0 atom stereocenters. The Bertz CT molecular complexity index is 491. The molecule has 0 radical (unpaired) electrons. The molecule has 1 aliphatic heterocycles. The fraction of sp³-hybridized carbons (Fsp3) is 0.588. The van der Waals surface area contributed by atoms with E-state index in [1.54, 1.807) is 0 Å². The molecule has 0 spiro atoms. The van der Waals surface area contributed by atoms with Crippen molar-refractivity contribution in [1.29, 1.82) is 0 Å². The van der Waals surface area contributed by atoms with Crippen LogP contribution in [0.25, 0.3) is 0 Å². The van der Waals surface area contributed by atoms with Crippen molar-refractivity contribution in [3.05, 3.63) is 29.3 Å². The molecule has 0 unspecified atom stereocenters. The van der Waals surface area contributed by atoms with Crippen molar-refractivity contribution in [2.45, 2.75) is 32.1 Å². The van der Waals surface area contributed by atoms with Crippen LogP contribution in [-0.2, 0) is 4.79 Å². The van der Waals surface area contributed by atoms with Gasteiger partial charge < -0.3 is 9.80 Å². The summed E-state index contributed by atoms with van der Waals surface area (Å²) in [6.07, 6.45) is 5.92. The summed E-state index contributed by atoms with van der Waals surface area (Å²) in [5.74, 6) is 0.678. The molecule has 1 saturated carbocycles. The van der Waals surface area contributed by atoms with Crippen LogP contribution in [0.4, 0.5) is 5.69 Å². The third kappa shape index (κ3) is 3.52. The molecule has 0 aromatic heterocycles. The number of hydrogen-bond acceptors (Lipinski definition) is 2. The van der Waals surface area contributed by atoms with Crippen molar-refractivity contribution in [2.75, 3.05) is 31.1 Å². The van der Waals surface area contributed by atoms with Crippen molar-refractivity contribution < 1.29 is 4.79 Å². The van der Waals surface area contributed by atoms with Gasteiger partial charge in [-0.15, -0.1) is 0 Å². The molecule has 4 heteroatoms. The van der Waals surface area contributed by atoms with Crippen LogP contribution in [-0.4, -0.2) is 37.0 Å². The van der Waals surface area contributed by atoms with Gasteiger partial charge in [0.2, 0.25) is 5.91 Å². The Labute approximate surface area is 131 Å². The fourth-order valence-corrected chi connectivity index (χ4v) is 3.65. The maximum atomic E-state index is 12.5. The second-order valence-electron chi connectivity index (χ2n) is 6.13. The number of amides is 1. The molecule has 114 valence electrons. The molecule has 1 aromatic rings. The molecule has 1 amide bonds. The van der Waals surface area contributed by atoms with Gasteiger partial charge in [0.25, 0.3) is 0 Å². The maximum Gasteiger partial charge on any atom is 0.225 e. The van der Waals surface area contributed by atoms with Crippen LogP contribution in [0.3, 0.4) is 0 Å². The van der Waals surface area contributed by atoms with Gasteiger partial charge in [0, 0.05) is 42.8 Å². The predicted molar refractivity (Wildman–Crippen MR) is 86.8 cm³/mol. The fourth-order valence-electron chi connectivity index (χ4n) is 3.47. The van der Waals surface area contributed by atoms with E-state index in [-0.39, 0.29) is 5.92 Å². The zero-order chi connectivity index (χ0) is 14.7. The maximum absolute atomic E-state index is 12.5. The zero-order valence-corrected chi connectivity index (χ0v) is 13.2. The molecule has 0 N–H and O–H groups in total. The molecule has 2 fully saturated rings. The number of hydrogen-bond donors (Lipinski definition) is 0. The van der Waals surface area contributed by atoms with Gasteiger partial charge in [-0.05, 0) is 31.0 Å². The first kappa shape index (κ1) is 14.7. The second kappa shape index (κ2) is 6.69. The molecule has 1 saturated heterocycles. The van der Waals surface area contributed by atoms with Crippen LogP contribution in [0.5, 0.6) is 0 Å². The molecule has 1 aromatic carbocycles. The van der Waals surface area contributed by atoms with E-state index in [1.807, 2.05) is 18.2 Å². The van der Waals surface area contributed by atoms with Gasteiger partial charge in [-0.3, -0.25) is 4.79 Å². The number of halogens is 1. The van der Waals surface area contributed by atoms with Crippen LogP contribution in [0.2, 0.25) is 5.02 Å². The Balaban J connectivity index is 1.56. The first-order chi connectivity index (χ1) is 10.2. The lowest BCUT2D eigenvalue weighted by Gasteiger charge is -2.38. The van der Waals surface area contributed by atoms with Gasteiger partial charge in [-0.25, -0.2) is 0 Å².